The zero-order chi connectivity index (χ0) is 12.7. The van der Waals surface area contributed by atoms with Crippen LogP contribution in [0.1, 0.15) is 32.8 Å². The van der Waals surface area contributed by atoms with E-state index in [-0.39, 0.29) is 6.10 Å². The first-order valence-electron chi connectivity index (χ1n) is 6.09. The van der Waals surface area contributed by atoms with E-state index in [2.05, 4.69) is 29.4 Å². The van der Waals surface area contributed by atoms with E-state index in [9.17, 15) is 0 Å². The van der Waals surface area contributed by atoms with Crippen LogP contribution in [0.25, 0.3) is 6.08 Å². The molecule has 0 bridgehead atoms. The van der Waals surface area contributed by atoms with E-state index in [1.165, 1.54) is 0 Å². The number of rotatable bonds is 6. The summed E-state index contributed by atoms with van der Waals surface area (Å²) in [5, 5.41) is 3.20. The summed E-state index contributed by atoms with van der Waals surface area (Å²) in [4.78, 5) is 4.25. The third-order valence-corrected chi connectivity index (χ3v) is 2.43. The van der Waals surface area contributed by atoms with Crippen LogP contribution >= 0.6 is 0 Å². The lowest BCUT2D eigenvalue weighted by molar-refractivity contribution is 0.232. The summed E-state index contributed by atoms with van der Waals surface area (Å²) >= 11 is 0. The fourth-order valence-corrected chi connectivity index (χ4v) is 1.37. The van der Waals surface area contributed by atoms with Gasteiger partial charge in [0.25, 0.3) is 0 Å². The molecule has 0 amide bonds. The fourth-order valence-electron chi connectivity index (χ4n) is 1.37. The summed E-state index contributed by atoms with van der Waals surface area (Å²) in [5.41, 5.74) is 1.03. The van der Waals surface area contributed by atoms with E-state index >= 15 is 0 Å². The Bertz CT molecular complexity index is 361. The second-order valence-electron chi connectivity index (χ2n) is 4.39. The van der Waals surface area contributed by atoms with Crippen molar-refractivity contribution in [2.45, 2.75) is 39.3 Å². The van der Waals surface area contributed by atoms with Crippen molar-refractivity contribution < 1.29 is 4.74 Å². The molecule has 1 aromatic rings. The first-order valence-corrected chi connectivity index (χ1v) is 6.09. The molecule has 0 aliphatic rings. The van der Waals surface area contributed by atoms with Gasteiger partial charge >= 0.3 is 0 Å². The normalized spacial score (nSPS) is 13.2. The van der Waals surface area contributed by atoms with Crippen LogP contribution in [0.4, 0.5) is 0 Å². The van der Waals surface area contributed by atoms with Crippen LogP contribution in [-0.2, 0) is 0 Å². The highest BCUT2D eigenvalue weighted by molar-refractivity contribution is 5.54. The molecular weight excluding hydrogens is 212 g/mol. The summed E-state index contributed by atoms with van der Waals surface area (Å²) in [6, 6.07) is 4.43. The number of nitrogens with one attached hydrogen (secondary N) is 1. The minimum absolute atomic E-state index is 0.147. The topological polar surface area (TPSA) is 34.2 Å². The molecule has 0 spiro atoms. The van der Waals surface area contributed by atoms with E-state index in [1.807, 2.05) is 33.0 Å². The zero-order valence-electron chi connectivity index (χ0n) is 11.1. The molecule has 94 valence electrons. The molecule has 17 heavy (non-hydrogen) atoms. The number of ether oxygens (including phenoxy) is 1. The second kappa shape index (κ2) is 7.07. The third kappa shape index (κ3) is 5.00. The van der Waals surface area contributed by atoms with Gasteiger partial charge in [0, 0.05) is 17.8 Å². The SMILES string of the molecule is CN[C@H](C)CC=Cc1cccnc1OC(C)C. The van der Waals surface area contributed by atoms with E-state index in [0.29, 0.717) is 11.9 Å². The van der Waals surface area contributed by atoms with E-state index in [4.69, 9.17) is 4.74 Å². The summed E-state index contributed by atoms with van der Waals surface area (Å²) in [5.74, 6) is 0.705. The van der Waals surface area contributed by atoms with Crippen molar-refractivity contribution in [1.82, 2.24) is 10.3 Å². The molecule has 3 nitrogen and oxygen atoms in total. The minimum atomic E-state index is 0.147. The van der Waals surface area contributed by atoms with Crippen LogP contribution in [0.15, 0.2) is 24.4 Å². The summed E-state index contributed by atoms with van der Waals surface area (Å²) in [6.45, 7) is 6.16. The maximum Gasteiger partial charge on any atom is 0.220 e. The smallest absolute Gasteiger partial charge is 0.220 e. The molecule has 1 N–H and O–H groups in total. The van der Waals surface area contributed by atoms with Gasteiger partial charge in [0.05, 0.1) is 6.10 Å². The van der Waals surface area contributed by atoms with Gasteiger partial charge in [0.1, 0.15) is 0 Å². The van der Waals surface area contributed by atoms with E-state index in [0.717, 1.165) is 12.0 Å². The Hall–Kier alpha value is -1.35. The van der Waals surface area contributed by atoms with Gasteiger partial charge < -0.3 is 10.1 Å². The van der Waals surface area contributed by atoms with Gasteiger partial charge in [-0.2, -0.15) is 0 Å². The van der Waals surface area contributed by atoms with Crippen molar-refractivity contribution in [3.8, 4) is 5.88 Å². The predicted octanol–water partition coefficient (Wildman–Crippen LogP) is 2.88. The highest BCUT2D eigenvalue weighted by Gasteiger charge is 2.03. The van der Waals surface area contributed by atoms with Gasteiger partial charge in [-0.25, -0.2) is 4.98 Å². The van der Waals surface area contributed by atoms with Gasteiger partial charge in [0.15, 0.2) is 0 Å². The van der Waals surface area contributed by atoms with Crippen molar-refractivity contribution in [3.05, 3.63) is 30.0 Å². The van der Waals surface area contributed by atoms with Crippen molar-refractivity contribution in [2.75, 3.05) is 7.05 Å². The van der Waals surface area contributed by atoms with Crippen molar-refractivity contribution in [2.24, 2.45) is 0 Å². The Morgan fingerprint density at radius 2 is 2.18 bits per heavy atom. The molecule has 0 saturated carbocycles. The van der Waals surface area contributed by atoms with Gasteiger partial charge in [-0.1, -0.05) is 12.2 Å². The van der Waals surface area contributed by atoms with E-state index in [1.54, 1.807) is 6.20 Å². The molecule has 1 aromatic heterocycles. The summed E-state index contributed by atoms with van der Waals surface area (Å²) in [7, 11) is 1.97. The molecule has 1 atom stereocenters. The maximum absolute atomic E-state index is 5.65. The fraction of sp³-hybridized carbons (Fsp3) is 0.500. The van der Waals surface area contributed by atoms with Crippen molar-refractivity contribution in [1.29, 1.82) is 0 Å². The predicted molar refractivity (Wildman–Crippen MR) is 72.2 cm³/mol. The van der Waals surface area contributed by atoms with Crippen LogP contribution in [0.3, 0.4) is 0 Å². The van der Waals surface area contributed by atoms with Crippen LogP contribution in [0.2, 0.25) is 0 Å². The Balaban J connectivity index is 2.69. The lowest BCUT2D eigenvalue weighted by Crippen LogP contribution is -2.19. The maximum atomic E-state index is 5.65. The van der Waals surface area contributed by atoms with Gasteiger partial charge in [0.2, 0.25) is 5.88 Å². The molecule has 0 unspecified atom stereocenters. The van der Waals surface area contributed by atoms with E-state index < -0.39 is 0 Å². The summed E-state index contributed by atoms with van der Waals surface area (Å²) < 4.78 is 5.65. The number of nitrogens with zero attached hydrogens (tertiary/aromatic N) is 1. The molecule has 0 aromatic carbocycles. The standard InChI is InChI=1S/C14H22N2O/c1-11(2)17-14-13(9-6-10-16-14)8-5-7-12(3)15-4/h5-6,8-12,15H,7H2,1-4H3/t12-/m1/s1. The molecule has 0 saturated heterocycles. The van der Waals surface area contributed by atoms with Crippen LogP contribution in [0.5, 0.6) is 5.88 Å². The number of hydrogen-bond acceptors (Lipinski definition) is 3. The molecule has 0 aliphatic carbocycles. The van der Waals surface area contributed by atoms with Gasteiger partial charge in [-0.05, 0) is 46.4 Å². The second-order valence-corrected chi connectivity index (χ2v) is 4.39. The molecule has 3 heteroatoms. The lowest BCUT2D eigenvalue weighted by atomic mass is 10.2. The first kappa shape index (κ1) is 13.7. The molecule has 0 fully saturated rings. The molecular formula is C14H22N2O. The average molecular weight is 234 g/mol. The highest BCUT2D eigenvalue weighted by atomic mass is 16.5. The number of hydrogen-bond donors (Lipinski definition) is 1. The van der Waals surface area contributed by atoms with Crippen LogP contribution in [0, 0.1) is 0 Å². The molecule has 0 aliphatic heterocycles. The highest BCUT2D eigenvalue weighted by Crippen LogP contribution is 2.17. The number of pyridine rings is 1. The Kier molecular flexibility index (Phi) is 5.70. The Morgan fingerprint density at radius 1 is 1.41 bits per heavy atom. The monoisotopic (exact) mass is 234 g/mol. The Morgan fingerprint density at radius 3 is 2.82 bits per heavy atom. The van der Waals surface area contributed by atoms with Crippen molar-refractivity contribution in [3.63, 3.8) is 0 Å². The summed E-state index contributed by atoms with van der Waals surface area (Å²) in [6.07, 6.45) is 7.11. The minimum Gasteiger partial charge on any atom is -0.475 e. The van der Waals surface area contributed by atoms with Gasteiger partial charge in [-0.3, -0.25) is 0 Å². The Labute approximate surface area is 104 Å². The lowest BCUT2D eigenvalue weighted by Gasteiger charge is -2.11. The largest absolute Gasteiger partial charge is 0.475 e. The quantitative estimate of drug-likeness (QED) is 0.821. The average Bonchev–Trinajstić information content (AvgIpc) is 2.30. The van der Waals surface area contributed by atoms with Crippen LogP contribution in [-0.4, -0.2) is 24.2 Å². The molecule has 1 heterocycles. The molecule has 0 radical (unpaired) electrons. The van der Waals surface area contributed by atoms with Gasteiger partial charge in [-0.15, -0.1) is 0 Å². The molecule has 1 rings (SSSR count). The third-order valence-electron chi connectivity index (χ3n) is 2.43. The van der Waals surface area contributed by atoms with Crippen LogP contribution < -0.4 is 10.1 Å². The first-order chi connectivity index (χ1) is 8.13. The number of aromatic nitrogens is 1. The zero-order valence-corrected chi connectivity index (χ0v) is 11.1. The van der Waals surface area contributed by atoms with Crippen molar-refractivity contribution >= 4 is 6.08 Å².